The highest BCUT2D eigenvalue weighted by Gasteiger charge is 2.35. The third-order valence-electron chi connectivity index (χ3n) is 5.98. The minimum Gasteiger partial charge on any atom is -0.393 e. The molecule has 38 heavy (non-hydrogen) atoms. The molecule has 0 spiro atoms. The molecule has 4 N–H and O–H groups in total. The highest BCUT2D eigenvalue weighted by atomic mass is 32.2. The van der Waals surface area contributed by atoms with Crippen LogP contribution < -0.4 is 10.5 Å². The van der Waals surface area contributed by atoms with Gasteiger partial charge >= 0.3 is 16.5 Å². The smallest absolute Gasteiger partial charge is 0.393 e. The SMILES string of the molecule is NS(=O)(=O)OC[C@H]1C[C@@H](Nc2ncncc2C(=O)c2ccn(Cc3ccc(F)cc3C(F)(F)F)n2)C[C@@H]1O. The number of anilines is 1. The number of ketones is 1. The van der Waals surface area contributed by atoms with Crippen molar-refractivity contribution in [3.63, 3.8) is 0 Å². The number of aromatic nitrogens is 4. The fraction of sp³-hybridized carbons (Fsp3) is 0.364. The molecule has 0 radical (unpaired) electrons. The Kier molecular flexibility index (Phi) is 7.78. The van der Waals surface area contributed by atoms with Gasteiger partial charge in [-0.2, -0.15) is 26.7 Å². The molecule has 2 heterocycles. The van der Waals surface area contributed by atoms with Gasteiger partial charge in [-0.1, -0.05) is 6.07 Å². The molecule has 0 bridgehead atoms. The second kappa shape index (κ2) is 10.7. The van der Waals surface area contributed by atoms with Gasteiger partial charge in [0.1, 0.15) is 23.7 Å². The van der Waals surface area contributed by atoms with Crippen molar-refractivity contribution in [3.05, 3.63) is 71.2 Å². The average molecular weight is 559 g/mol. The molecule has 0 unspecified atom stereocenters. The monoisotopic (exact) mass is 558 g/mol. The van der Waals surface area contributed by atoms with E-state index >= 15 is 0 Å². The van der Waals surface area contributed by atoms with Crippen molar-refractivity contribution >= 4 is 21.9 Å². The maximum atomic E-state index is 13.4. The first-order valence-corrected chi connectivity index (χ1v) is 12.6. The van der Waals surface area contributed by atoms with Crippen LogP contribution >= 0.6 is 0 Å². The van der Waals surface area contributed by atoms with Crippen LogP contribution in [0, 0.1) is 11.7 Å². The molecule has 0 saturated heterocycles. The largest absolute Gasteiger partial charge is 0.416 e. The number of benzene rings is 1. The summed E-state index contributed by atoms with van der Waals surface area (Å²) in [6, 6.07) is 3.24. The number of nitrogens with two attached hydrogens (primary N) is 1. The number of aliphatic hydroxyl groups excluding tert-OH is 1. The van der Waals surface area contributed by atoms with Crippen molar-refractivity contribution in [1.29, 1.82) is 0 Å². The van der Waals surface area contributed by atoms with E-state index < -0.39 is 51.7 Å². The summed E-state index contributed by atoms with van der Waals surface area (Å²) in [4.78, 5) is 21.1. The van der Waals surface area contributed by atoms with Crippen LogP contribution in [-0.4, -0.2) is 57.8 Å². The zero-order valence-electron chi connectivity index (χ0n) is 19.5. The number of alkyl halides is 3. The summed E-state index contributed by atoms with van der Waals surface area (Å²) in [7, 11) is -4.17. The zero-order chi connectivity index (χ0) is 27.7. The summed E-state index contributed by atoms with van der Waals surface area (Å²) in [5.74, 6) is -2.05. The number of rotatable bonds is 9. The molecular weight excluding hydrogens is 536 g/mol. The Labute approximate surface area is 213 Å². The number of hydrogen-bond donors (Lipinski definition) is 3. The van der Waals surface area contributed by atoms with Gasteiger partial charge < -0.3 is 10.4 Å². The minimum absolute atomic E-state index is 0.0224. The van der Waals surface area contributed by atoms with Crippen molar-refractivity contribution in [1.82, 2.24) is 19.7 Å². The van der Waals surface area contributed by atoms with Crippen molar-refractivity contribution in [3.8, 4) is 0 Å². The van der Waals surface area contributed by atoms with Gasteiger partial charge in [0.15, 0.2) is 0 Å². The Balaban J connectivity index is 1.48. The Morgan fingerprint density at radius 1 is 1.26 bits per heavy atom. The third-order valence-corrected chi connectivity index (χ3v) is 6.45. The Morgan fingerprint density at radius 2 is 2.03 bits per heavy atom. The van der Waals surface area contributed by atoms with Crippen molar-refractivity contribution < 1.29 is 40.1 Å². The predicted octanol–water partition coefficient (Wildman–Crippen LogP) is 1.88. The van der Waals surface area contributed by atoms with Gasteiger partial charge in [-0.25, -0.2) is 19.5 Å². The van der Waals surface area contributed by atoms with Gasteiger partial charge in [0.25, 0.3) is 0 Å². The molecule has 11 nitrogen and oxygen atoms in total. The van der Waals surface area contributed by atoms with Gasteiger partial charge in [-0.15, -0.1) is 0 Å². The normalized spacial score (nSPS) is 20.0. The van der Waals surface area contributed by atoms with Gasteiger partial charge in [-0.05, 0) is 36.6 Å². The minimum atomic E-state index is -4.78. The number of aliphatic hydroxyl groups is 1. The lowest BCUT2D eigenvalue weighted by Crippen LogP contribution is -2.24. The second-order valence-corrected chi connectivity index (χ2v) is 9.95. The molecule has 3 atom stereocenters. The standard InChI is InChI=1S/C22H22F4N6O5S/c23-14-2-1-12(17(6-14)22(24,25)26)9-32-4-3-18(31-32)20(34)16-8-28-11-29-21(16)30-15-5-13(19(33)7-15)10-37-38(27,35)36/h1-4,6,8,11,13,15,19,33H,5,7,9-10H2,(H2,27,35,36)(H,28,29,30)/t13-,15-,19+/m1/s1. The van der Waals surface area contributed by atoms with E-state index in [4.69, 9.17) is 5.14 Å². The molecule has 4 rings (SSSR count). The molecule has 16 heteroatoms. The molecule has 1 fully saturated rings. The van der Waals surface area contributed by atoms with Crippen molar-refractivity contribution in [2.45, 2.75) is 37.7 Å². The lowest BCUT2D eigenvalue weighted by atomic mass is 10.1. The highest BCUT2D eigenvalue weighted by molar-refractivity contribution is 7.84. The van der Waals surface area contributed by atoms with Crippen molar-refractivity contribution in [2.75, 3.05) is 11.9 Å². The summed E-state index contributed by atoms with van der Waals surface area (Å²) < 4.78 is 81.1. The van der Waals surface area contributed by atoms with Crippen LogP contribution in [0.2, 0.25) is 0 Å². The number of carbonyl (C=O) groups excluding carboxylic acids is 1. The average Bonchev–Trinajstić information content (AvgIpc) is 3.44. The lowest BCUT2D eigenvalue weighted by molar-refractivity contribution is -0.138. The molecule has 204 valence electrons. The summed E-state index contributed by atoms with van der Waals surface area (Å²) >= 11 is 0. The van der Waals surface area contributed by atoms with Crippen LogP contribution in [-0.2, 0) is 27.2 Å². The molecule has 0 aliphatic heterocycles. The van der Waals surface area contributed by atoms with E-state index in [1.807, 2.05) is 0 Å². The molecule has 0 amide bonds. The number of nitrogens with zero attached hydrogens (tertiary/aromatic N) is 4. The number of carbonyl (C=O) groups is 1. The van der Waals surface area contributed by atoms with Crippen molar-refractivity contribution in [2.24, 2.45) is 11.1 Å². The topological polar surface area (TPSA) is 162 Å². The second-order valence-electron chi connectivity index (χ2n) is 8.73. The van der Waals surface area contributed by atoms with Gasteiger partial charge in [0.05, 0.1) is 30.4 Å². The van der Waals surface area contributed by atoms with Crippen LogP contribution in [0.5, 0.6) is 0 Å². The summed E-state index contributed by atoms with van der Waals surface area (Å²) in [5.41, 5.74) is -1.44. The van der Waals surface area contributed by atoms with E-state index in [1.54, 1.807) is 0 Å². The van der Waals surface area contributed by atoms with Crippen LogP contribution in [0.15, 0.2) is 43.0 Å². The number of nitrogens with one attached hydrogen (secondary N) is 1. The van der Waals surface area contributed by atoms with Gasteiger partial charge in [-0.3, -0.25) is 13.7 Å². The summed E-state index contributed by atoms with van der Waals surface area (Å²) in [6.45, 7) is -0.671. The fourth-order valence-electron chi connectivity index (χ4n) is 4.22. The molecule has 1 aliphatic carbocycles. The Morgan fingerprint density at radius 3 is 2.74 bits per heavy atom. The maximum absolute atomic E-state index is 13.4. The zero-order valence-corrected chi connectivity index (χ0v) is 20.3. The highest BCUT2D eigenvalue weighted by Crippen LogP contribution is 2.33. The summed E-state index contributed by atoms with van der Waals surface area (Å²) in [5, 5.41) is 22.2. The molecule has 2 aromatic heterocycles. The van der Waals surface area contributed by atoms with Crippen LogP contribution in [0.3, 0.4) is 0 Å². The molecule has 1 saturated carbocycles. The van der Waals surface area contributed by atoms with E-state index in [9.17, 15) is 35.9 Å². The van der Waals surface area contributed by atoms with Gasteiger partial charge in [0, 0.05) is 24.4 Å². The van der Waals surface area contributed by atoms with E-state index in [0.29, 0.717) is 12.5 Å². The lowest BCUT2D eigenvalue weighted by Gasteiger charge is -2.15. The predicted molar refractivity (Wildman–Crippen MR) is 123 cm³/mol. The molecule has 1 aromatic carbocycles. The first kappa shape index (κ1) is 27.6. The molecule has 3 aromatic rings. The number of hydrogen-bond acceptors (Lipinski definition) is 9. The summed E-state index contributed by atoms with van der Waals surface area (Å²) in [6.07, 6.45) is -1.41. The van der Waals surface area contributed by atoms with E-state index in [-0.39, 0.29) is 42.2 Å². The van der Waals surface area contributed by atoms with Gasteiger partial charge in [0.2, 0.25) is 5.78 Å². The number of halogens is 4. The Bertz CT molecular complexity index is 1430. The van der Waals surface area contributed by atoms with E-state index in [0.717, 1.165) is 16.8 Å². The van der Waals surface area contributed by atoms with Crippen LogP contribution in [0.25, 0.3) is 0 Å². The molecular formula is C22H22F4N6O5S. The third kappa shape index (κ3) is 6.69. The first-order chi connectivity index (χ1) is 17.8. The molecule has 1 aliphatic rings. The quantitative estimate of drug-likeness (QED) is 0.263. The Hall–Kier alpha value is -3.47. The fourth-order valence-corrected chi connectivity index (χ4v) is 4.58. The first-order valence-electron chi connectivity index (χ1n) is 11.2. The van der Waals surface area contributed by atoms with Crippen LogP contribution in [0.4, 0.5) is 23.4 Å². The van der Waals surface area contributed by atoms with E-state index in [2.05, 4.69) is 24.6 Å². The van der Waals surface area contributed by atoms with Crippen LogP contribution in [0.1, 0.15) is 40.0 Å². The van der Waals surface area contributed by atoms with E-state index in [1.165, 1.54) is 24.8 Å². The maximum Gasteiger partial charge on any atom is 0.416 e.